The molecule has 1 saturated carbocycles. The molecule has 0 radical (unpaired) electrons. The molecule has 0 amide bonds. The summed E-state index contributed by atoms with van der Waals surface area (Å²) in [5.41, 5.74) is 0.342. The highest BCUT2D eigenvalue weighted by Crippen LogP contribution is 2.40. The van der Waals surface area contributed by atoms with Crippen molar-refractivity contribution < 1.29 is 9.52 Å². The molecule has 0 bridgehead atoms. The van der Waals surface area contributed by atoms with Crippen LogP contribution < -0.4 is 0 Å². The molecule has 3 heteroatoms. The highest BCUT2D eigenvalue weighted by molar-refractivity contribution is 5.05. The third-order valence-electron chi connectivity index (χ3n) is 4.94. The third-order valence-corrected chi connectivity index (χ3v) is 4.94. The molecule has 21 heavy (non-hydrogen) atoms. The van der Waals surface area contributed by atoms with Gasteiger partial charge in [-0.2, -0.15) is 0 Å². The molecule has 0 aliphatic heterocycles. The molecule has 2 rings (SSSR count). The van der Waals surface area contributed by atoms with Crippen LogP contribution in [0, 0.1) is 24.2 Å². The van der Waals surface area contributed by atoms with Gasteiger partial charge in [0.15, 0.2) is 0 Å². The highest BCUT2D eigenvalue weighted by atomic mass is 16.3. The molecule has 3 nitrogen and oxygen atoms in total. The van der Waals surface area contributed by atoms with E-state index in [4.69, 9.17) is 4.42 Å². The Balaban J connectivity index is 1.90. The summed E-state index contributed by atoms with van der Waals surface area (Å²) in [6.45, 7) is 10.7. The summed E-state index contributed by atoms with van der Waals surface area (Å²) in [6.07, 6.45) is 3.08. The van der Waals surface area contributed by atoms with Gasteiger partial charge in [0.25, 0.3) is 0 Å². The predicted molar refractivity (Wildman–Crippen MR) is 86.1 cm³/mol. The van der Waals surface area contributed by atoms with Crippen LogP contribution in [0.3, 0.4) is 0 Å². The number of nitrogens with zero attached hydrogens (tertiary/aromatic N) is 1. The Morgan fingerprint density at radius 1 is 1.29 bits per heavy atom. The Morgan fingerprint density at radius 2 is 2.00 bits per heavy atom. The third kappa shape index (κ3) is 4.58. The lowest BCUT2D eigenvalue weighted by atomic mass is 9.68. The first-order chi connectivity index (χ1) is 9.75. The lowest BCUT2D eigenvalue weighted by Gasteiger charge is -2.41. The first-order valence-electron chi connectivity index (χ1n) is 8.17. The van der Waals surface area contributed by atoms with Gasteiger partial charge in [-0.15, -0.1) is 0 Å². The van der Waals surface area contributed by atoms with Gasteiger partial charge in [-0.05, 0) is 62.6 Å². The predicted octanol–water partition coefficient (Wildman–Crippen LogP) is 3.84. The van der Waals surface area contributed by atoms with Crippen LogP contribution in [0.1, 0.15) is 51.6 Å². The van der Waals surface area contributed by atoms with E-state index < -0.39 is 0 Å². The summed E-state index contributed by atoms with van der Waals surface area (Å²) >= 11 is 0. The Kier molecular flexibility index (Phi) is 5.15. The summed E-state index contributed by atoms with van der Waals surface area (Å²) in [5.74, 6) is 3.06. The molecule has 1 N–H and O–H groups in total. The second-order valence-electron chi connectivity index (χ2n) is 7.91. The molecule has 3 atom stereocenters. The van der Waals surface area contributed by atoms with Gasteiger partial charge in [0.05, 0.1) is 12.6 Å². The van der Waals surface area contributed by atoms with E-state index in [0.717, 1.165) is 43.9 Å². The lowest BCUT2D eigenvalue weighted by molar-refractivity contribution is 0.00492. The van der Waals surface area contributed by atoms with Gasteiger partial charge in [0.2, 0.25) is 0 Å². The van der Waals surface area contributed by atoms with Crippen LogP contribution in [0.25, 0.3) is 0 Å². The number of hydrogen-bond acceptors (Lipinski definition) is 3. The minimum Gasteiger partial charge on any atom is -0.465 e. The Labute approximate surface area is 129 Å². The van der Waals surface area contributed by atoms with E-state index >= 15 is 0 Å². The molecule has 1 fully saturated rings. The molecule has 1 heterocycles. The van der Waals surface area contributed by atoms with Gasteiger partial charge in [-0.1, -0.05) is 20.8 Å². The summed E-state index contributed by atoms with van der Waals surface area (Å²) in [5, 5.41) is 10.3. The zero-order chi connectivity index (χ0) is 15.6. The van der Waals surface area contributed by atoms with Crippen LogP contribution in [-0.4, -0.2) is 29.7 Å². The standard InChI is InChI=1S/C18H31NO2/c1-13-6-8-16(21-13)12-19(5)11-14-10-15(18(2,3)4)7-9-17(14)20/h6,8,14-15,17,20H,7,9-12H2,1-5H3. The maximum Gasteiger partial charge on any atom is 0.118 e. The highest BCUT2D eigenvalue weighted by Gasteiger charge is 2.35. The number of aliphatic hydroxyl groups is 1. The van der Waals surface area contributed by atoms with Gasteiger partial charge in [-0.3, -0.25) is 4.90 Å². The second kappa shape index (κ2) is 6.53. The fourth-order valence-corrected chi connectivity index (χ4v) is 3.53. The van der Waals surface area contributed by atoms with Crippen molar-refractivity contribution in [1.29, 1.82) is 0 Å². The number of hydrogen-bond donors (Lipinski definition) is 1. The van der Waals surface area contributed by atoms with Crippen molar-refractivity contribution in [2.45, 2.75) is 59.6 Å². The average molecular weight is 293 g/mol. The van der Waals surface area contributed by atoms with E-state index in [1.165, 1.54) is 0 Å². The number of furan rings is 1. The van der Waals surface area contributed by atoms with Crippen LogP contribution in [0.5, 0.6) is 0 Å². The SMILES string of the molecule is Cc1ccc(CN(C)CC2CC(C(C)(C)C)CCC2O)o1. The van der Waals surface area contributed by atoms with Gasteiger partial charge >= 0.3 is 0 Å². The molecular weight excluding hydrogens is 262 g/mol. The van der Waals surface area contributed by atoms with Gasteiger partial charge in [0, 0.05) is 6.54 Å². The summed E-state index contributed by atoms with van der Waals surface area (Å²) in [4.78, 5) is 2.28. The van der Waals surface area contributed by atoms with Crippen LogP contribution in [0.4, 0.5) is 0 Å². The zero-order valence-corrected chi connectivity index (χ0v) is 14.2. The Hall–Kier alpha value is -0.800. The molecule has 0 aromatic carbocycles. The van der Waals surface area contributed by atoms with Gasteiger partial charge in [-0.25, -0.2) is 0 Å². The number of aliphatic hydroxyl groups excluding tert-OH is 1. The van der Waals surface area contributed by atoms with Crippen LogP contribution in [0.15, 0.2) is 16.5 Å². The quantitative estimate of drug-likeness (QED) is 0.916. The molecule has 1 aromatic rings. The molecule has 1 aromatic heterocycles. The largest absolute Gasteiger partial charge is 0.465 e. The van der Waals surface area contributed by atoms with E-state index in [1.54, 1.807) is 0 Å². The van der Waals surface area contributed by atoms with Gasteiger partial charge < -0.3 is 9.52 Å². The fourth-order valence-electron chi connectivity index (χ4n) is 3.53. The molecule has 120 valence electrons. The summed E-state index contributed by atoms with van der Waals surface area (Å²) < 4.78 is 5.64. The van der Waals surface area contributed by atoms with Crippen molar-refractivity contribution in [3.05, 3.63) is 23.7 Å². The molecule has 1 aliphatic carbocycles. The van der Waals surface area contributed by atoms with Crippen molar-refractivity contribution >= 4 is 0 Å². The minimum absolute atomic E-state index is 0.149. The molecule has 0 spiro atoms. The van der Waals surface area contributed by atoms with E-state index in [0.29, 0.717) is 17.3 Å². The first kappa shape index (κ1) is 16.6. The maximum atomic E-state index is 10.3. The van der Waals surface area contributed by atoms with Crippen LogP contribution in [-0.2, 0) is 6.54 Å². The molecule has 1 aliphatic rings. The van der Waals surface area contributed by atoms with Crippen molar-refractivity contribution in [3.63, 3.8) is 0 Å². The lowest BCUT2D eigenvalue weighted by Crippen LogP contribution is -2.40. The van der Waals surface area contributed by atoms with E-state index in [-0.39, 0.29) is 6.10 Å². The minimum atomic E-state index is -0.149. The Morgan fingerprint density at radius 3 is 2.57 bits per heavy atom. The zero-order valence-electron chi connectivity index (χ0n) is 14.2. The Bertz CT molecular complexity index is 446. The van der Waals surface area contributed by atoms with Crippen molar-refractivity contribution in [2.75, 3.05) is 13.6 Å². The van der Waals surface area contributed by atoms with Crippen LogP contribution in [0.2, 0.25) is 0 Å². The summed E-state index contributed by atoms with van der Waals surface area (Å²) in [7, 11) is 2.12. The van der Waals surface area contributed by atoms with Crippen molar-refractivity contribution in [1.82, 2.24) is 4.90 Å². The normalized spacial score (nSPS) is 27.3. The average Bonchev–Trinajstić information content (AvgIpc) is 2.76. The monoisotopic (exact) mass is 293 g/mol. The molecule has 0 saturated heterocycles. The number of aryl methyl sites for hydroxylation is 1. The molecule has 3 unspecified atom stereocenters. The maximum absolute atomic E-state index is 10.3. The van der Waals surface area contributed by atoms with Crippen LogP contribution >= 0.6 is 0 Å². The smallest absolute Gasteiger partial charge is 0.118 e. The summed E-state index contributed by atoms with van der Waals surface area (Å²) in [6, 6.07) is 4.05. The van der Waals surface area contributed by atoms with Crippen molar-refractivity contribution in [2.24, 2.45) is 17.3 Å². The van der Waals surface area contributed by atoms with Gasteiger partial charge in [0.1, 0.15) is 11.5 Å². The number of rotatable bonds is 4. The first-order valence-corrected chi connectivity index (χ1v) is 8.17. The van der Waals surface area contributed by atoms with E-state index in [2.05, 4.69) is 32.7 Å². The molecular formula is C18H31NO2. The van der Waals surface area contributed by atoms with Crippen molar-refractivity contribution in [3.8, 4) is 0 Å². The van der Waals surface area contributed by atoms with E-state index in [1.807, 2.05) is 19.1 Å². The second-order valence-corrected chi connectivity index (χ2v) is 7.91. The topological polar surface area (TPSA) is 36.6 Å². The van der Waals surface area contributed by atoms with E-state index in [9.17, 15) is 5.11 Å². The fraction of sp³-hybridized carbons (Fsp3) is 0.778.